The minimum atomic E-state index is 1.04. The van der Waals surface area contributed by atoms with Crippen molar-refractivity contribution in [1.29, 1.82) is 0 Å². The molecule has 17 heavy (non-hydrogen) atoms. The van der Waals surface area contributed by atoms with Crippen molar-refractivity contribution in [3.05, 3.63) is 42.5 Å². The SMILES string of the molecule is C=C(CCNCCCCCC)c1ccccc1. The van der Waals surface area contributed by atoms with Crippen molar-refractivity contribution in [1.82, 2.24) is 5.32 Å². The lowest BCUT2D eigenvalue weighted by Gasteiger charge is -2.07. The summed E-state index contributed by atoms with van der Waals surface area (Å²) in [6, 6.07) is 10.4. The van der Waals surface area contributed by atoms with Gasteiger partial charge < -0.3 is 5.32 Å². The molecule has 0 aliphatic carbocycles. The van der Waals surface area contributed by atoms with Gasteiger partial charge in [-0.05, 0) is 37.1 Å². The van der Waals surface area contributed by atoms with Crippen molar-refractivity contribution in [2.24, 2.45) is 0 Å². The van der Waals surface area contributed by atoms with Crippen molar-refractivity contribution in [2.75, 3.05) is 13.1 Å². The van der Waals surface area contributed by atoms with Crippen molar-refractivity contribution in [3.63, 3.8) is 0 Å². The highest BCUT2D eigenvalue weighted by Gasteiger charge is 1.97. The van der Waals surface area contributed by atoms with E-state index in [0.29, 0.717) is 0 Å². The molecule has 0 unspecified atom stereocenters. The van der Waals surface area contributed by atoms with Crippen molar-refractivity contribution >= 4 is 5.57 Å². The smallest absolute Gasteiger partial charge is 0.000835 e. The summed E-state index contributed by atoms with van der Waals surface area (Å²) >= 11 is 0. The number of benzene rings is 1. The molecule has 0 saturated heterocycles. The topological polar surface area (TPSA) is 12.0 Å². The third-order valence-electron chi connectivity index (χ3n) is 2.99. The van der Waals surface area contributed by atoms with Gasteiger partial charge in [0.05, 0.1) is 0 Å². The zero-order valence-electron chi connectivity index (χ0n) is 11.0. The van der Waals surface area contributed by atoms with Crippen LogP contribution in [0.5, 0.6) is 0 Å². The van der Waals surface area contributed by atoms with Crippen LogP contribution in [0, 0.1) is 0 Å². The Balaban J connectivity index is 2.05. The van der Waals surface area contributed by atoms with E-state index < -0.39 is 0 Å². The fourth-order valence-electron chi connectivity index (χ4n) is 1.86. The summed E-state index contributed by atoms with van der Waals surface area (Å²) < 4.78 is 0. The highest BCUT2D eigenvalue weighted by atomic mass is 14.8. The second-order valence-electron chi connectivity index (χ2n) is 4.53. The van der Waals surface area contributed by atoms with Crippen LogP contribution in [0.1, 0.15) is 44.6 Å². The standard InChI is InChI=1S/C16H25N/c1-3-4-5-9-13-17-14-12-15(2)16-10-7-6-8-11-16/h6-8,10-11,17H,2-5,9,12-14H2,1H3. The molecular formula is C16H25N. The van der Waals surface area contributed by atoms with Crippen LogP contribution >= 0.6 is 0 Å². The van der Waals surface area contributed by atoms with Gasteiger partial charge >= 0.3 is 0 Å². The highest BCUT2D eigenvalue weighted by molar-refractivity contribution is 5.63. The van der Waals surface area contributed by atoms with E-state index in [1.54, 1.807) is 0 Å². The molecule has 1 heteroatoms. The molecule has 1 rings (SSSR count). The molecule has 0 atom stereocenters. The normalized spacial score (nSPS) is 10.4. The maximum Gasteiger partial charge on any atom is -0.000835 e. The first-order chi connectivity index (χ1) is 8.34. The fourth-order valence-corrected chi connectivity index (χ4v) is 1.86. The Bertz CT molecular complexity index is 303. The molecule has 0 amide bonds. The quantitative estimate of drug-likeness (QED) is 0.626. The second-order valence-corrected chi connectivity index (χ2v) is 4.53. The van der Waals surface area contributed by atoms with Gasteiger partial charge in [-0.15, -0.1) is 0 Å². The van der Waals surface area contributed by atoms with Crippen LogP contribution in [0.4, 0.5) is 0 Å². The molecule has 0 bridgehead atoms. The van der Waals surface area contributed by atoms with Crippen LogP contribution in [0.25, 0.3) is 5.57 Å². The molecule has 1 aromatic carbocycles. The molecule has 1 N–H and O–H groups in total. The average molecular weight is 231 g/mol. The van der Waals surface area contributed by atoms with Gasteiger partial charge in [0, 0.05) is 0 Å². The predicted octanol–water partition coefficient (Wildman–Crippen LogP) is 4.26. The zero-order valence-corrected chi connectivity index (χ0v) is 11.0. The summed E-state index contributed by atoms with van der Waals surface area (Å²) in [4.78, 5) is 0. The van der Waals surface area contributed by atoms with Gasteiger partial charge in [-0.2, -0.15) is 0 Å². The molecular weight excluding hydrogens is 206 g/mol. The highest BCUT2D eigenvalue weighted by Crippen LogP contribution is 2.14. The molecule has 94 valence electrons. The summed E-state index contributed by atoms with van der Waals surface area (Å²) in [6.07, 6.45) is 6.36. The Kier molecular flexibility index (Phi) is 7.40. The van der Waals surface area contributed by atoms with Crippen molar-refractivity contribution in [3.8, 4) is 0 Å². The molecule has 0 radical (unpaired) electrons. The van der Waals surface area contributed by atoms with E-state index in [1.165, 1.54) is 36.8 Å². The van der Waals surface area contributed by atoms with E-state index in [0.717, 1.165) is 19.5 Å². The van der Waals surface area contributed by atoms with Crippen LogP contribution in [0.3, 0.4) is 0 Å². The minimum absolute atomic E-state index is 1.04. The first-order valence-electron chi connectivity index (χ1n) is 6.78. The zero-order chi connectivity index (χ0) is 12.3. The van der Waals surface area contributed by atoms with Crippen LogP contribution in [0.2, 0.25) is 0 Å². The van der Waals surface area contributed by atoms with Gasteiger partial charge in [0.1, 0.15) is 0 Å². The van der Waals surface area contributed by atoms with Crippen LogP contribution in [-0.4, -0.2) is 13.1 Å². The predicted molar refractivity (Wildman–Crippen MR) is 77.1 cm³/mol. The molecule has 0 heterocycles. The van der Waals surface area contributed by atoms with E-state index in [-0.39, 0.29) is 0 Å². The van der Waals surface area contributed by atoms with E-state index in [4.69, 9.17) is 0 Å². The van der Waals surface area contributed by atoms with Gasteiger partial charge in [0.25, 0.3) is 0 Å². The molecule has 1 nitrogen and oxygen atoms in total. The molecule has 0 fully saturated rings. The number of unbranched alkanes of at least 4 members (excludes halogenated alkanes) is 3. The third kappa shape index (κ3) is 6.28. The number of hydrogen-bond donors (Lipinski definition) is 1. The van der Waals surface area contributed by atoms with E-state index in [2.05, 4.69) is 43.1 Å². The molecule has 0 spiro atoms. The number of rotatable bonds is 9. The van der Waals surface area contributed by atoms with Crippen LogP contribution in [-0.2, 0) is 0 Å². The van der Waals surface area contributed by atoms with Crippen LogP contribution in [0.15, 0.2) is 36.9 Å². The lowest BCUT2D eigenvalue weighted by molar-refractivity contribution is 0.603. The van der Waals surface area contributed by atoms with Gasteiger partial charge in [-0.1, -0.05) is 63.1 Å². The summed E-state index contributed by atoms with van der Waals surface area (Å²) in [5.41, 5.74) is 2.49. The monoisotopic (exact) mass is 231 g/mol. The largest absolute Gasteiger partial charge is 0.316 e. The van der Waals surface area contributed by atoms with Gasteiger partial charge in [-0.3, -0.25) is 0 Å². The Morgan fingerprint density at radius 1 is 1.06 bits per heavy atom. The molecule has 1 aromatic rings. The summed E-state index contributed by atoms with van der Waals surface area (Å²) in [5.74, 6) is 0. The number of nitrogens with one attached hydrogen (secondary N) is 1. The summed E-state index contributed by atoms with van der Waals surface area (Å²) in [7, 11) is 0. The van der Waals surface area contributed by atoms with Crippen LogP contribution < -0.4 is 5.32 Å². The average Bonchev–Trinajstić information content (AvgIpc) is 2.38. The lowest BCUT2D eigenvalue weighted by Crippen LogP contribution is -2.16. The van der Waals surface area contributed by atoms with Crippen molar-refractivity contribution in [2.45, 2.75) is 39.0 Å². The third-order valence-corrected chi connectivity index (χ3v) is 2.99. The van der Waals surface area contributed by atoms with E-state index in [9.17, 15) is 0 Å². The van der Waals surface area contributed by atoms with Gasteiger partial charge in [-0.25, -0.2) is 0 Å². The molecule has 0 saturated carbocycles. The first kappa shape index (κ1) is 14.0. The maximum absolute atomic E-state index is 4.13. The number of hydrogen-bond acceptors (Lipinski definition) is 1. The summed E-state index contributed by atoms with van der Waals surface area (Å²) in [5, 5.41) is 3.48. The maximum atomic E-state index is 4.13. The minimum Gasteiger partial charge on any atom is -0.316 e. The lowest BCUT2D eigenvalue weighted by atomic mass is 10.1. The first-order valence-corrected chi connectivity index (χ1v) is 6.78. The molecule has 0 aromatic heterocycles. The van der Waals surface area contributed by atoms with Gasteiger partial charge in [0.15, 0.2) is 0 Å². The van der Waals surface area contributed by atoms with Crippen molar-refractivity contribution < 1.29 is 0 Å². The Labute approximate surface area is 106 Å². The Morgan fingerprint density at radius 2 is 1.82 bits per heavy atom. The Hall–Kier alpha value is -1.08. The molecule has 0 aliphatic heterocycles. The van der Waals surface area contributed by atoms with E-state index in [1.807, 2.05) is 6.07 Å². The molecule has 0 aliphatic rings. The van der Waals surface area contributed by atoms with E-state index >= 15 is 0 Å². The fraction of sp³-hybridized carbons (Fsp3) is 0.500. The second kappa shape index (κ2) is 9.00. The Morgan fingerprint density at radius 3 is 2.53 bits per heavy atom. The summed E-state index contributed by atoms with van der Waals surface area (Å²) in [6.45, 7) is 8.56. The van der Waals surface area contributed by atoms with Gasteiger partial charge in [0.2, 0.25) is 0 Å².